The normalized spacial score (nSPS) is 12.3. The van der Waals surface area contributed by atoms with Gasteiger partial charge >= 0.3 is 6.18 Å². The predicted molar refractivity (Wildman–Crippen MR) is 89.5 cm³/mol. The lowest BCUT2D eigenvalue weighted by Crippen LogP contribution is -2.22. The molecule has 26 heavy (non-hydrogen) atoms. The monoisotopic (exact) mass is 386 g/mol. The molecule has 0 aliphatic carbocycles. The van der Waals surface area contributed by atoms with Crippen molar-refractivity contribution >= 4 is 38.5 Å². The number of hydrogen-bond donors (Lipinski definition) is 4. The van der Waals surface area contributed by atoms with Gasteiger partial charge in [-0.1, -0.05) is 0 Å². The molecule has 0 bridgehead atoms. The number of primary sulfonamides is 1. The van der Waals surface area contributed by atoms with E-state index in [9.17, 15) is 21.6 Å². The molecule has 2 heterocycles. The summed E-state index contributed by atoms with van der Waals surface area (Å²) in [6.07, 6.45) is -2.87. The maximum absolute atomic E-state index is 12.5. The molecule has 1 aromatic carbocycles. The summed E-state index contributed by atoms with van der Waals surface area (Å²) in [7, 11) is -3.82. The number of nitrogens with two attached hydrogens (primary N) is 1. The molecule has 12 heteroatoms. The third-order valence-corrected chi connectivity index (χ3v) is 4.24. The summed E-state index contributed by atoms with van der Waals surface area (Å²) in [5.41, 5.74) is 0.776. The summed E-state index contributed by atoms with van der Waals surface area (Å²) in [6.45, 7) is -1.24. The third-order valence-electron chi connectivity index (χ3n) is 3.31. The van der Waals surface area contributed by atoms with E-state index in [0.29, 0.717) is 16.7 Å². The average molecular weight is 386 g/mol. The summed E-state index contributed by atoms with van der Waals surface area (Å²) in [6, 6.07) is 7.00. The predicted octanol–water partition coefficient (Wildman–Crippen LogP) is 2.32. The lowest BCUT2D eigenvalue weighted by Gasteiger charge is -2.12. The lowest BCUT2D eigenvalue weighted by atomic mass is 10.3. The number of nitrogens with one attached hydrogen (secondary N) is 3. The smallest absolute Gasteiger partial charge is 0.360 e. The Kier molecular flexibility index (Phi) is 4.46. The Morgan fingerprint density at radius 2 is 1.81 bits per heavy atom. The second kappa shape index (κ2) is 6.46. The molecule has 0 atom stereocenters. The number of H-pyrrole nitrogens is 1. The largest absolute Gasteiger partial charge is 0.405 e. The molecule has 0 spiro atoms. The number of nitrogens with zero attached hydrogens (tertiary/aromatic N) is 2. The van der Waals surface area contributed by atoms with E-state index in [0.717, 1.165) is 0 Å². The van der Waals surface area contributed by atoms with Gasteiger partial charge in [0.15, 0.2) is 0 Å². The summed E-state index contributed by atoms with van der Waals surface area (Å²) in [5.74, 6) is 0.0465. The van der Waals surface area contributed by atoms with E-state index in [1.54, 1.807) is 6.07 Å². The van der Waals surface area contributed by atoms with Crippen LogP contribution in [0.5, 0.6) is 0 Å². The highest BCUT2D eigenvalue weighted by Crippen LogP contribution is 2.25. The van der Waals surface area contributed by atoms with Crippen LogP contribution in [0.2, 0.25) is 0 Å². The minimum Gasteiger partial charge on any atom is -0.360 e. The summed E-state index contributed by atoms with van der Waals surface area (Å²) in [5, 5.41) is 10.5. The highest BCUT2D eigenvalue weighted by molar-refractivity contribution is 7.89. The molecule has 0 saturated carbocycles. The van der Waals surface area contributed by atoms with Gasteiger partial charge in [-0.05, 0) is 30.3 Å². The minimum atomic E-state index is -4.40. The van der Waals surface area contributed by atoms with Crippen molar-refractivity contribution in [3.8, 4) is 0 Å². The van der Waals surface area contributed by atoms with Crippen LogP contribution in [-0.2, 0) is 10.0 Å². The Labute approximate surface area is 145 Å². The number of aromatic nitrogens is 3. The number of rotatable bonds is 5. The number of aromatic amines is 1. The van der Waals surface area contributed by atoms with Crippen LogP contribution in [0.1, 0.15) is 0 Å². The molecular formula is C14H13F3N6O2S. The number of alkyl halides is 3. The van der Waals surface area contributed by atoms with Gasteiger partial charge in [-0.3, -0.25) is 0 Å². The summed E-state index contributed by atoms with van der Waals surface area (Å²) in [4.78, 5) is 10.9. The molecule has 2 aromatic heterocycles. The molecule has 0 unspecified atom stereocenters. The van der Waals surface area contributed by atoms with Crippen molar-refractivity contribution in [2.45, 2.75) is 11.1 Å². The van der Waals surface area contributed by atoms with Crippen LogP contribution in [0.25, 0.3) is 11.0 Å². The molecule has 0 saturated heterocycles. The number of anilines is 3. The molecule has 3 aromatic rings. The Hall–Kier alpha value is -2.86. The first-order valence-corrected chi connectivity index (χ1v) is 8.72. The molecule has 3 rings (SSSR count). The molecule has 8 nitrogen and oxygen atoms in total. The van der Waals surface area contributed by atoms with Crippen LogP contribution in [0, 0.1) is 0 Å². The standard InChI is InChI=1S/C14H13F3N6O2S/c15-14(16,17)7-20-12-10-5-6-19-11(10)22-13(23-12)21-8-1-3-9(4-2-8)26(18,24)25/h1-6H,7H2,(H2,18,24,25)(H3,19,20,21,22,23). The van der Waals surface area contributed by atoms with Crippen molar-refractivity contribution in [1.82, 2.24) is 15.0 Å². The van der Waals surface area contributed by atoms with E-state index in [4.69, 9.17) is 5.14 Å². The zero-order valence-corrected chi connectivity index (χ0v) is 13.8. The molecule has 0 fully saturated rings. The van der Waals surface area contributed by atoms with E-state index >= 15 is 0 Å². The second-order valence-electron chi connectivity index (χ2n) is 5.30. The van der Waals surface area contributed by atoms with Gasteiger partial charge in [0.25, 0.3) is 0 Å². The summed E-state index contributed by atoms with van der Waals surface area (Å²) < 4.78 is 59.9. The second-order valence-corrected chi connectivity index (χ2v) is 6.86. The Morgan fingerprint density at radius 1 is 1.12 bits per heavy atom. The van der Waals surface area contributed by atoms with Crippen LogP contribution in [0.4, 0.5) is 30.6 Å². The van der Waals surface area contributed by atoms with Crippen LogP contribution < -0.4 is 15.8 Å². The van der Waals surface area contributed by atoms with Gasteiger partial charge in [0.2, 0.25) is 16.0 Å². The number of sulfonamides is 1. The van der Waals surface area contributed by atoms with Crippen molar-refractivity contribution in [2.24, 2.45) is 5.14 Å². The fraction of sp³-hybridized carbons (Fsp3) is 0.143. The first kappa shape index (κ1) is 17.9. The van der Waals surface area contributed by atoms with E-state index in [-0.39, 0.29) is 16.7 Å². The highest BCUT2D eigenvalue weighted by Gasteiger charge is 2.27. The van der Waals surface area contributed by atoms with Crippen LogP contribution in [0.3, 0.4) is 0 Å². The van der Waals surface area contributed by atoms with Crippen molar-refractivity contribution < 1.29 is 21.6 Å². The maximum atomic E-state index is 12.5. The van der Waals surface area contributed by atoms with Crippen molar-refractivity contribution in [2.75, 3.05) is 17.2 Å². The first-order valence-electron chi connectivity index (χ1n) is 7.17. The Balaban J connectivity index is 1.88. The molecule has 0 radical (unpaired) electrons. The van der Waals surface area contributed by atoms with Gasteiger partial charge < -0.3 is 15.6 Å². The molecule has 0 amide bonds. The number of halogens is 3. The van der Waals surface area contributed by atoms with E-state index in [2.05, 4.69) is 25.6 Å². The van der Waals surface area contributed by atoms with Crippen molar-refractivity contribution in [3.63, 3.8) is 0 Å². The summed E-state index contributed by atoms with van der Waals surface area (Å²) >= 11 is 0. The van der Waals surface area contributed by atoms with Crippen LogP contribution in [0.15, 0.2) is 41.4 Å². The molecule has 5 N–H and O–H groups in total. The maximum Gasteiger partial charge on any atom is 0.405 e. The fourth-order valence-corrected chi connectivity index (χ4v) is 2.69. The fourth-order valence-electron chi connectivity index (χ4n) is 2.17. The van der Waals surface area contributed by atoms with Crippen molar-refractivity contribution in [1.29, 1.82) is 0 Å². The van der Waals surface area contributed by atoms with Gasteiger partial charge in [-0.15, -0.1) is 0 Å². The number of fused-ring (bicyclic) bond motifs is 1. The molecule has 0 aliphatic rings. The average Bonchev–Trinajstić information content (AvgIpc) is 3.00. The topological polar surface area (TPSA) is 126 Å². The van der Waals surface area contributed by atoms with E-state index in [1.807, 2.05) is 0 Å². The highest BCUT2D eigenvalue weighted by atomic mass is 32.2. The SMILES string of the molecule is NS(=O)(=O)c1ccc(Nc2nc(NCC(F)(F)F)c3cc[nH]c3n2)cc1. The Bertz CT molecular complexity index is 1030. The minimum absolute atomic E-state index is 0.0113. The molecule has 138 valence electrons. The number of benzene rings is 1. The Morgan fingerprint density at radius 3 is 2.42 bits per heavy atom. The van der Waals surface area contributed by atoms with Gasteiger partial charge in [0.05, 0.1) is 10.3 Å². The van der Waals surface area contributed by atoms with Gasteiger partial charge in [-0.2, -0.15) is 23.1 Å². The zero-order valence-electron chi connectivity index (χ0n) is 13.0. The third kappa shape index (κ3) is 4.21. The van der Waals surface area contributed by atoms with Crippen molar-refractivity contribution in [3.05, 3.63) is 36.5 Å². The van der Waals surface area contributed by atoms with Crippen LogP contribution >= 0.6 is 0 Å². The van der Waals surface area contributed by atoms with Gasteiger partial charge in [0, 0.05) is 11.9 Å². The quantitative estimate of drug-likeness (QED) is 0.533. The van der Waals surface area contributed by atoms with E-state index in [1.165, 1.54) is 30.5 Å². The van der Waals surface area contributed by atoms with Crippen LogP contribution in [-0.4, -0.2) is 36.1 Å². The molecular weight excluding hydrogens is 373 g/mol. The van der Waals surface area contributed by atoms with E-state index < -0.39 is 22.7 Å². The lowest BCUT2D eigenvalue weighted by molar-refractivity contribution is -0.115. The number of hydrogen-bond acceptors (Lipinski definition) is 6. The molecule has 0 aliphatic heterocycles. The first-order chi connectivity index (χ1) is 12.1. The van der Waals surface area contributed by atoms with Gasteiger partial charge in [-0.25, -0.2) is 13.6 Å². The zero-order chi connectivity index (χ0) is 18.9. The van der Waals surface area contributed by atoms with Gasteiger partial charge in [0.1, 0.15) is 18.0 Å².